The lowest BCUT2D eigenvalue weighted by Gasteiger charge is -2.14. The number of nitrogens with zero attached hydrogens (tertiary/aromatic N) is 2. The maximum Gasteiger partial charge on any atom is 0.130 e. The van der Waals surface area contributed by atoms with E-state index in [0.29, 0.717) is 0 Å². The van der Waals surface area contributed by atoms with Crippen molar-refractivity contribution in [2.24, 2.45) is 4.99 Å². The highest BCUT2D eigenvalue weighted by molar-refractivity contribution is 5.64. The highest BCUT2D eigenvalue weighted by Crippen LogP contribution is 2.32. The SMILES string of the molecule is CCCC(O)c1cccc(Oc2cc(C)c(N=CN(C)CC)cc2C)c1. The fourth-order valence-electron chi connectivity index (χ4n) is 2.62. The van der Waals surface area contributed by atoms with Gasteiger partial charge in [0.2, 0.25) is 0 Å². The van der Waals surface area contributed by atoms with Crippen LogP contribution in [0.2, 0.25) is 0 Å². The molecular weight excluding hydrogens is 324 g/mol. The van der Waals surface area contributed by atoms with Crippen LogP contribution in [0.3, 0.4) is 0 Å². The highest BCUT2D eigenvalue weighted by atomic mass is 16.5. The molecule has 2 aromatic carbocycles. The van der Waals surface area contributed by atoms with Gasteiger partial charge in [0.25, 0.3) is 0 Å². The second kappa shape index (κ2) is 9.39. The van der Waals surface area contributed by atoms with Gasteiger partial charge in [-0.25, -0.2) is 4.99 Å². The number of ether oxygens (including phenoxy) is 1. The summed E-state index contributed by atoms with van der Waals surface area (Å²) >= 11 is 0. The van der Waals surface area contributed by atoms with Gasteiger partial charge in [0.05, 0.1) is 18.1 Å². The summed E-state index contributed by atoms with van der Waals surface area (Å²) in [5.41, 5.74) is 3.93. The van der Waals surface area contributed by atoms with Gasteiger partial charge in [-0.15, -0.1) is 0 Å². The van der Waals surface area contributed by atoms with Crippen molar-refractivity contribution in [1.82, 2.24) is 4.90 Å². The molecule has 2 rings (SSSR count). The number of benzene rings is 2. The second-order valence-corrected chi connectivity index (χ2v) is 6.70. The Morgan fingerprint density at radius 1 is 1.15 bits per heavy atom. The van der Waals surface area contributed by atoms with Crippen LogP contribution < -0.4 is 4.74 Å². The molecule has 0 aliphatic carbocycles. The van der Waals surface area contributed by atoms with Gasteiger partial charge >= 0.3 is 0 Å². The van der Waals surface area contributed by atoms with Crippen molar-refractivity contribution in [3.05, 3.63) is 53.1 Å². The molecule has 26 heavy (non-hydrogen) atoms. The zero-order valence-electron chi connectivity index (χ0n) is 16.5. The molecule has 0 fully saturated rings. The van der Waals surface area contributed by atoms with Crippen molar-refractivity contribution in [2.75, 3.05) is 13.6 Å². The number of aliphatic imine (C=N–C) groups is 1. The zero-order chi connectivity index (χ0) is 19.1. The van der Waals surface area contributed by atoms with E-state index in [4.69, 9.17) is 4.74 Å². The Morgan fingerprint density at radius 2 is 1.92 bits per heavy atom. The standard InChI is InChI=1S/C22H30N2O2/c1-6-9-21(25)18-10-8-11-19(14-18)26-22-13-16(3)20(12-17(22)4)23-15-24(5)7-2/h8,10-15,21,25H,6-7,9H2,1-5H3. The predicted molar refractivity (Wildman–Crippen MR) is 109 cm³/mol. The van der Waals surface area contributed by atoms with Crippen LogP contribution in [0.25, 0.3) is 0 Å². The Balaban J connectivity index is 2.21. The lowest BCUT2D eigenvalue weighted by atomic mass is 10.1. The third kappa shape index (κ3) is 5.33. The first-order chi connectivity index (χ1) is 12.4. The fourth-order valence-corrected chi connectivity index (χ4v) is 2.62. The van der Waals surface area contributed by atoms with Crippen LogP contribution in [0.1, 0.15) is 49.5 Å². The zero-order valence-corrected chi connectivity index (χ0v) is 16.5. The Hall–Kier alpha value is -2.33. The summed E-state index contributed by atoms with van der Waals surface area (Å²) in [6, 6.07) is 11.7. The van der Waals surface area contributed by atoms with Gasteiger partial charge in [-0.1, -0.05) is 25.5 Å². The summed E-state index contributed by atoms with van der Waals surface area (Å²) in [5.74, 6) is 1.55. The third-order valence-electron chi connectivity index (χ3n) is 4.42. The first kappa shape index (κ1) is 20.0. The van der Waals surface area contributed by atoms with Gasteiger partial charge in [-0.2, -0.15) is 0 Å². The summed E-state index contributed by atoms with van der Waals surface area (Å²) in [6.45, 7) is 9.13. The first-order valence-corrected chi connectivity index (χ1v) is 9.26. The molecule has 0 saturated heterocycles. The molecular formula is C22H30N2O2. The normalized spacial score (nSPS) is 12.4. The molecule has 1 unspecified atom stereocenters. The molecule has 0 spiro atoms. The number of hydrogen-bond donors (Lipinski definition) is 1. The number of rotatable bonds is 8. The molecule has 0 saturated carbocycles. The molecule has 0 aliphatic heterocycles. The van der Waals surface area contributed by atoms with Gasteiger partial charge in [-0.05, 0) is 68.1 Å². The Morgan fingerprint density at radius 3 is 2.62 bits per heavy atom. The number of aryl methyl sites for hydroxylation is 2. The maximum absolute atomic E-state index is 10.2. The van der Waals surface area contributed by atoms with Crippen molar-refractivity contribution >= 4 is 12.0 Å². The van der Waals surface area contributed by atoms with Gasteiger partial charge in [-0.3, -0.25) is 0 Å². The molecule has 0 aliphatic rings. The van der Waals surface area contributed by atoms with Gasteiger partial charge in [0, 0.05) is 13.6 Å². The van der Waals surface area contributed by atoms with Crippen molar-refractivity contribution in [3.63, 3.8) is 0 Å². The Kier molecular flexibility index (Phi) is 7.22. The highest BCUT2D eigenvalue weighted by Gasteiger charge is 2.10. The van der Waals surface area contributed by atoms with Crippen LogP contribution in [0.5, 0.6) is 11.5 Å². The fraction of sp³-hybridized carbons (Fsp3) is 0.409. The van der Waals surface area contributed by atoms with E-state index in [9.17, 15) is 5.11 Å². The van der Waals surface area contributed by atoms with Crippen LogP contribution >= 0.6 is 0 Å². The van der Waals surface area contributed by atoms with Gasteiger partial charge in [0.1, 0.15) is 11.5 Å². The van der Waals surface area contributed by atoms with E-state index in [1.807, 2.05) is 68.5 Å². The minimum atomic E-state index is -0.446. The molecule has 0 bridgehead atoms. The van der Waals surface area contributed by atoms with Crippen LogP contribution in [0.4, 0.5) is 5.69 Å². The summed E-state index contributed by atoms with van der Waals surface area (Å²) in [4.78, 5) is 6.59. The summed E-state index contributed by atoms with van der Waals surface area (Å²) in [6.07, 6.45) is 3.10. The van der Waals surface area contributed by atoms with E-state index in [2.05, 4.69) is 18.8 Å². The van der Waals surface area contributed by atoms with E-state index < -0.39 is 6.10 Å². The van der Waals surface area contributed by atoms with Gasteiger partial charge in [0.15, 0.2) is 0 Å². The van der Waals surface area contributed by atoms with Crippen molar-refractivity contribution in [3.8, 4) is 11.5 Å². The largest absolute Gasteiger partial charge is 0.457 e. The van der Waals surface area contributed by atoms with Crippen molar-refractivity contribution in [1.29, 1.82) is 0 Å². The molecule has 140 valence electrons. The Bertz CT molecular complexity index is 756. The minimum absolute atomic E-state index is 0.446. The molecule has 4 heteroatoms. The van der Waals surface area contributed by atoms with Crippen LogP contribution in [-0.2, 0) is 0 Å². The molecule has 0 radical (unpaired) electrons. The average molecular weight is 354 g/mol. The van der Waals surface area contributed by atoms with Crippen molar-refractivity contribution in [2.45, 2.75) is 46.6 Å². The maximum atomic E-state index is 10.2. The van der Waals surface area contributed by atoms with E-state index >= 15 is 0 Å². The lowest BCUT2D eigenvalue weighted by Crippen LogP contribution is -2.14. The smallest absolute Gasteiger partial charge is 0.130 e. The molecule has 4 nitrogen and oxygen atoms in total. The quantitative estimate of drug-likeness (QED) is 0.500. The second-order valence-electron chi connectivity index (χ2n) is 6.70. The number of aliphatic hydroxyl groups excluding tert-OH is 1. The molecule has 1 N–H and O–H groups in total. The van der Waals surface area contributed by atoms with E-state index in [1.165, 1.54) is 0 Å². The van der Waals surface area contributed by atoms with Crippen LogP contribution in [0, 0.1) is 13.8 Å². The predicted octanol–water partition coefficient (Wildman–Crippen LogP) is 5.54. The molecule has 0 heterocycles. The molecule has 0 aromatic heterocycles. The number of aliphatic hydroxyl groups is 1. The lowest BCUT2D eigenvalue weighted by molar-refractivity contribution is 0.166. The number of hydrogen-bond acceptors (Lipinski definition) is 3. The monoisotopic (exact) mass is 354 g/mol. The Labute approximate surface area is 157 Å². The van der Waals surface area contributed by atoms with Crippen molar-refractivity contribution < 1.29 is 9.84 Å². The van der Waals surface area contributed by atoms with E-state index in [0.717, 1.165) is 53.3 Å². The van der Waals surface area contributed by atoms with E-state index in [-0.39, 0.29) is 0 Å². The summed E-state index contributed by atoms with van der Waals surface area (Å²) in [5, 5.41) is 10.2. The van der Waals surface area contributed by atoms with E-state index in [1.54, 1.807) is 0 Å². The van der Waals surface area contributed by atoms with Gasteiger partial charge < -0.3 is 14.7 Å². The van der Waals surface area contributed by atoms with Crippen LogP contribution in [0.15, 0.2) is 41.4 Å². The molecule has 2 aromatic rings. The summed E-state index contributed by atoms with van der Waals surface area (Å²) < 4.78 is 6.09. The molecule has 1 atom stereocenters. The first-order valence-electron chi connectivity index (χ1n) is 9.26. The summed E-state index contributed by atoms with van der Waals surface area (Å²) in [7, 11) is 2.00. The minimum Gasteiger partial charge on any atom is -0.457 e. The average Bonchev–Trinajstić information content (AvgIpc) is 2.63. The third-order valence-corrected chi connectivity index (χ3v) is 4.42. The molecule has 0 amide bonds. The van der Waals surface area contributed by atoms with Crippen LogP contribution in [-0.4, -0.2) is 29.9 Å². The topological polar surface area (TPSA) is 45.1 Å².